The maximum atomic E-state index is 11.5. The average Bonchev–Trinajstić information content (AvgIpc) is 2.20. The fraction of sp³-hybridized carbons (Fsp3) is 0.909. The van der Waals surface area contributed by atoms with Gasteiger partial charge in [-0.1, -0.05) is 0 Å². The Morgan fingerprint density at radius 1 is 1.12 bits per heavy atom. The van der Waals surface area contributed by atoms with Crippen molar-refractivity contribution in [2.24, 2.45) is 0 Å². The SMILES string of the molecule is CC(C)(C)OC(=O)N1CCCCC1.CO.Cl. The number of piperidine rings is 1. The van der Waals surface area contributed by atoms with Crippen LogP contribution >= 0.6 is 12.4 Å². The Morgan fingerprint density at radius 2 is 1.56 bits per heavy atom. The Labute approximate surface area is 104 Å². The molecule has 16 heavy (non-hydrogen) atoms. The van der Waals surface area contributed by atoms with Crippen molar-refractivity contribution in [3.63, 3.8) is 0 Å². The molecule has 98 valence electrons. The lowest BCUT2D eigenvalue weighted by atomic mass is 10.1. The normalized spacial score (nSPS) is 15.4. The van der Waals surface area contributed by atoms with Crippen LogP contribution in [-0.4, -0.2) is 41.9 Å². The highest BCUT2D eigenvalue weighted by Gasteiger charge is 2.22. The van der Waals surface area contributed by atoms with E-state index < -0.39 is 0 Å². The highest BCUT2D eigenvalue weighted by molar-refractivity contribution is 5.85. The van der Waals surface area contributed by atoms with Gasteiger partial charge in [-0.2, -0.15) is 0 Å². The topological polar surface area (TPSA) is 49.8 Å². The van der Waals surface area contributed by atoms with Gasteiger partial charge < -0.3 is 14.7 Å². The molecular weight excluding hydrogens is 230 g/mol. The largest absolute Gasteiger partial charge is 0.444 e. The van der Waals surface area contributed by atoms with E-state index in [4.69, 9.17) is 9.84 Å². The van der Waals surface area contributed by atoms with Gasteiger partial charge in [0, 0.05) is 20.2 Å². The van der Waals surface area contributed by atoms with Gasteiger partial charge in [-0.25, -0.2) is 4.79 Å². The van der Waals surface area contributed by atoms with E-state index in [1.807, 2.05) is 20.8 Å². The molecule has 1 saturated heterocycles. The first-order valence-corrected chi connectivity index (χ1v) is 5.42. The van der Waals surface area contributed by atoms with Crippen molar-refractivity contribution in [2.45, 2.75) is 45.6 Å². The van der Waals surface area contributed by atoms with Crippen LogP contribution < -0.4 is 0 Å². The summed E-state index contributed by atoms with van der Waals surface area (Å²) in [4.78, 5) is 13.3. The van der Waals surface area contributed by atoms with Gasteiger partial charge in [-0.15, -0.1) is 12.4 Å². The van der Waals surface area contributed by atoms with Gasteiger partial charge in [0.15, 0.2) is 0 Å². The first kappa shape index (κ1) is 17.9. The van der Waals surface area contributed by atoms with Crippen LogP contribution in [0.4, 0.5) is 4.79 Å². The second kappa shape index (κ2) is 8.65. The van der Waals surface area contributed by atoms with Crippen molar-refractivity contribution < 1.29 is 14.6 Å². The Bertz CT molecular complexity index is 186. The third-order valence-corrected chi connectivity index (χ3v) is 2.01. The summed E-state index contributed by atoms with van der Waals surface area (Å²) in [7, 11) is 1.00. The molecular formula is C11H24ClNO3. The van der Waals surface area contributed by atoms with Crippen LogP contribution in [0, 0.1) is 0 Å². The summed E-state index contributed by atoms with van der Waals surface area (Å²) >= 11 is 0. The van der Waals surface area contributed by atoms with Gasteiger partial charge in [0.25, 0.3) is 0 Å². The molecule has 1 rings (SSSR count). The monoisotopic (exact) mass is 253 g/mol. The standard InChI is InChI=1S/C10H19NO2.CH4O.ClH/c1-10(2,3)13-9(12)11-7-5-4-6-8-11;1-2;/h4-8H2,1-3H3;2H,1H3;1H. The third kappa shape index (κ3) is 7.77. The zero-order valence-corrected chi connectivity index (χ0v) is 11.5. The summed E-state index contributed by atoms with van der Waals surface area (Å²) in [5.41, 5.74) is -0.367. The van der Waals surface area contributed by atoms with E-state index in [9.17, 15) is 4.79 Å². The molecule has 1 aliphatic heterocycles. The molecule has 1 heterocycles. The molecule has 0 atom stereocenters. The molecule has 0 bridgehead atoms. The zero-order chi connectivity index (χ0) is 11.9. The van der Waals surface area contributed by atoms with Crippen molar-refractivity contribution >= 4 is 18.5 Å². The predicted octanol–water partition coefficient (Wildman–Crippen LogP) is 2.44. The molecule has 0 spiro atoms. The number of halogens is 1. The molecule has 0 aromatic rings. The van der Waals surface area contributed by atoms with Crippen LogP contribution in [0.1, 0.15) is 40.0 Å². The highest BCUT2D eigenvalue weighted by atomic mass is 35.5. The minimum Gasteiger partial charge on any atom is -0.444 e. The molecule has 1 fully saturated rings. The van der Waals surface area contributed by atoms with Crippen molar-refractivity contribution in [3.05, 3.63) is 0 Å². The van der Waals surface area contributed by atoms with E-state index in [2.05, 4.69) is 0 Å². The number of hydrogen-bond donors (Lipinski definition) is 1. The van der Waals surface area contributed by atoms with Crippen LogP contribution in [-0.2, 0) is 4.74 Å². The Kier molecular flexibility index (Phi) is 9.67. The first-order valence-electron chi connectivity index (χ1n) is 5.42. The summed E-state index contributed by atoms with van der Waals surface area (Å²) in [5.74, 6) is 0. The van der Waals surface area contributed by atoms with E-state index in [-0.39, 0.29) is 24.1 Å². The molecule has 0 aromatic carbocycles. The molecule has 1 amide bonds. The van der Waals surface area contributed by atoms with Gasteiger partial charge in [-0.3, -0.25) is 0 Å². The lowest BCUT2D eigenvalue weighted by Gasteiger charge is -2.29. The van der Waals surface area contributed by atoms with Gasteiger partial charge in [0.1, 0.15) is 5.60 Å². The van der Waals surface area contributed by atoms with Crippen LogP contribution in [0.2, 0.25) is 0 Å². The lowest BCUT2D eigenvalue weighted by molar-refractivity contribution is 0.0216. The quantitative estimate of drug-likeness (QED) is 0.721. The van der Waals surface area contributed by atoms with E-state index in [0.29, 0.717) is 0 Å². The van der Waals surface area contributed by atoms with Crippen LogP contribution in [0.15, 0.2) is 0 Å². The van der Waals surface area contributed by atoms with Gasteiger partial charge in [0.2, 0.25) is 0 Å². The molecule has 0 unspecified atom stereocenters. The Morgan fingerprint density at radius 3 is 1.94 bits per heavy atom. The summed E-state index contributed by atoms with van der Waals surface area (Å²) in [6.07, 6.45) is 3.30. The molecule has 0 saturated carbocycles. The number of ether oxygens (including phenoxy) is 1. The lowest BCUT2D eigenvalue weighted by Crippen LogP contribution is -2.39. The Balaban J connectivity index is 0. The molecule has 5 heteroatoms. The van der Waals surface area contributed by atoms with Gasteiger partial charge >= 0.3 is 6.09 Å². The van der Waals surface area contributed by atoms with Crippen LogP contribution in [0.5, 0.6) is 0 Å². The molecule has 1 aliphatic rings. The third-order valence-electron chi connectivity index (χ3n) is 2.01. The predicted molar refractivity (Wildman–Crippen MR) is 67.0 cm³/mol. The number of carbonyl (C=O) groups excluding carboxylic acids is 1. The second-order valence-electron chi connectivity index (χ2n) is 4.53. The molecule has 0 radical (unpaired) electrons. The maximum Gasteiger partial charge on any atom is 0.410 e. The molecule has 4 nitrogen and oxygen atoms in total. The average molecular weight is 254 g/mol. The number of nitrogens with zero attached hydrogens (tertiary/aromatic N) is 1. The minimum absolute atomic E-state index is 0. The van der Waals surface area contributed by atoms with Crippen molar-refractivity contribution in [1.29, 1.82) is 0 Å². The number of hydrogen-bond acceptors (Lipinski definition) is 3. The number of rotatable bonds is 0. The summed E-state index contributed by atoms with van der Waals surface area (Å²) in [6, 6.07) is 0. The van der Waals surface area contributed by atoms with Crippen molar-refractivity contribution in [1.82, 2.24) is 4.90 Å². The highest BCUT2D eigenvalue weighted by Crippen LogP contribution is 2.14. The van der Waals surface area contributed by atoms with Gasteiger partial charge in [0.05, 0.1) is 0 Å². The van der Waals surface area contributed by atoms with Crippen molar-refractivity contribution in [3.8, 4) is 0 Å². The number of likely N-dealkylation sites (tertiary alicyclic amines) is 1. The second-order valence-corrected chi connectivity index (χ2v) is 4.53. The Hall–Kier alpha value is -0.480. The fourth-order valence-electron chi connectivity index (χ4n) is 1.40. The van der Waals surface area contributed by atoms with Gasteiger partial charge in [-0.05, 0) is 40.0 Å². The number of amides is 1. The number of aliphatic hydroxyl groups excluding tert-OH is 1. The molecule has 0 aromatic heterocycles. The fourth-order valence-corrected chi connectivity index (χ4v) is 1.40. The first-order chi connectivity index (χ1) is 6.99. The molecule has 1 N–H and O–H groups in total. The minimum atomic E-state index is -0.367. The van der Waals surface area contributed by atoms with Crippen LogP contribution in [0.25, 0.3) is 0 Å². The number of aliphatic hydroxyl groups is 1. The maximum absolute atomic E-state index is 11.5. The summed E-state index contributed by atoms with van der Waals surface area (Å²) in [5, 5.41) is 7.00. The summed E-state index contributed by atoms with van der Waals surface area (Å²) < 4.78 is 5.26. The van der Waals surface area contributed by atoms with Crippen molar-refractivity contribution in [2.75, 3.05) is 20.2 Å². The van der Waals surface area contributed by atoms with Crippen LogP contribution in [0.3, 0.4) is 0 Å². The van der Waals surface area contributed by atoms with E-state index in [1.165, 1.54) is 6.42 Å². The number of carbonyl (C=O) groups is 1. The zero-order valence-electron chi connectivity index (χ0n) is 10.7. The molecule has 0 aliphatic carbocycles. The van der Waals surface area contributed by atoms with E-state index >= 15 is 0 Å². The summed E-state index contributed by atoms with van der Waals surface area (Å²) in [6.45, 7) is 7.41. The smallest absolute Gasteiger partial charge is 0.410 e. The van der Waals surface area contributed by atoms with E-state index in [0.717, 1.165) is 33.0 Å². The van der Waals surface area contributed by atoms with E-state index in [1.54, 1.807) is 4.90 Å².